The van der Waals surface area contributed by atoms with Crippen LogP contribution >= 0.6 is 0 Å². The van der Waals surface area contributed by atoms with Crippen LogP contribution in [0.1, 0.15) is 47.2 Å². The highest BCUT2D eigenvalue weighted by Gasteiger charge is 2.59. The summed E-state index contributed by atoms with van der Waals surface area (Å²) in [5, 5.41) is 22.0. The number of benzene rings is 6. The molecule has 85 heavy (non-hydrogen) atoms. The predicted molar refractivity (Wildman–Crippen MR) is 305 cm³/mol. The van der Waals surface area contributed by atoms with Crippen molar-refractivity contribution in [2.45, 2.75) is 164 Å². The van der Waals surface area contributed by atoms with Crippen molar-refractivity contribution in [1.82, 2.24) is 0 Å². The zero-order chi connectivity index (χ0) is 58.3. The highest BCUT2D eigenvalue weighted by atomic mass is 16.8. The van der Waals surface area contributed by atoms with Crippen LogP contribution in [0.25, 0.3) is 0 Å². The first-order chi connectivity index (χ1) is 41.8. The molecule has 0 spiro atoms. The van der Waals surface area contributed by atoms with Gasteiger partial charge in [0.25, 0.3) is 0 Å². The predicted octanol–water partition coefficient (Wildman–Crippen LogP) is 8.67. The van der Waals surface area contributed by atoms with Crippen LogP contribution in [-0.2, 0) is 111 Å². The topological polar surface area (TPSA) is 196 Å². The van der Waals surface area contributed by atoms with Gasteiger partial charge in [0, 0.05) is 0 Å². The van der Waals surface area contributed by atoms with Crippen LogP contribution in [0.2, 0.25) is 0 Å². The summed E-state index contributed by atoms with van der Waals surface area (Å²) in [4.78, 5) is 13.2. The van der Waals surface area contributed by atoms with E-state index < -0.39 is 130 Å². The highest BCUT2D eigenvalue weighted by Crippen LogP contribution is 2.40. The van der Waals surface area contributed by atoms with Gasteiger partial charge in [-0.1, -0.05) is 182 Å². The Balaban J connectivity index is 0.907. The van der Waals surface area contributed by atoms with E-state index in [1.54, 1.807) is 6.08 Å². The quantitative estimate of drug-likeness (QED) is 0.0489. The van der Waals surface area contributed by atoms with E-state index in [0.29, 0.717) is 0 Å². The van der Waals surface area contributed by atoms with Gasteiger partial charge in [0.1, 0.15) is 61.0 Å². The molecule has 4 fully saturated rings. The third-order valence-corrected chi connectivity index (χ3v) is 15.7. The SMILES string of the molecule is C[C@@H]1O[C@@H](O[C@H]2[C@H](O[C@@H]3C=CO[C@H](CO)[C@H]3O[C@@H]3O[C@@H](C)[C@@H](OCc4ccccc4)[C@@H](OCc4ccccc4)[C@@H]3OCc3ccccc3)O[C@H](CO)[C@@H]3OC(=O)O[C@@H]32)[C@@H](OCc2ccccc2)[C@H](OCc2ccccc2)[C@@H]1OCc1ccccc1. The molecule has 6 aromatic rings. The summed E-state index contributed by atoms with van der Waals surface area (Å²) in [6.45, 7) is 3.86. The van der Waals surface area contributed by atoms with Crippen LogP contribution in [0.3, 0.4) is 0 Å². The van der Waals surface area contributed by atoms with Crippen molar-refractivity contribution in [1.29, 1.82) is 0 Å². The summed E-state index contributed by atoms with van der Waals surface area (Å²) < 4.78 is 100. The fraction of sp³-hybridized carbons (Fsp3) is 0.418. The number of carbonyl (C=O) groups is 1. The Labute approximate surface area is 495 Å². The van der Waals surface area contributed by atoms with Crippen molar-refractivity contribution in [3.05, 3.63) is 228 Å². The Kier molecular flexibility index (Phi) is 21.1. The molecule has 18 atom stereocenters. The number of fused-ring (bicyclic) bond motifs is 1. The van der Waals surface area contributed by atoms with Gasteiger partial charge in [0.05, 0.1) is 71.3 Å². The average molecular weight is 1170 g/mol. The van der Waals surface area contributed by atoms with E-state index in [0.717, 1.165) is 33.4 Å². The van der Waals surface area contributed by atoms with Gasteiger partial charge >= 0.3 is 6.16 Å². The molecule has 6 aromatic carbocycles. The molecule has 18 heteroatoms. The van der Waals surface area contributed by atoms with E-state index >= 15 is 0 Å². The first-order valence-electron chi connectivity index (χ1n) is 29.1. The standard InChI is InChI=1S/C67H74O18/c1-43-54(72-37-45-21-9-3-10-22-45)58(74-39-47-25-13-5-14-26-47)61(76-41-49-29-17-7-18-30-49)64(78-43)82-56-51(33-34-71-52(56)35-68)80-66-63(60-57(53(36-69)81-66)84-67(70)85-60)83-65-62(77-42-50-31-19-8-20-32-50)59(75-40-48-27-15-6-16-28-48)55(44(2)79-65)73-38-46-23-11-4-12-24-46/h3-34,43-44,51-66,68-69H,35-42H2,1-2H3/t43-,44-,51+,52+,53+,54+,55+,56-,57-,58+,59+,60-,61-,62-,63+,64-,65-,66+/m0/s1. The molecule has 0 amide bonds. The second-order valence-electron chi connectivity index (χ2n) is 21.6. The van der Waals surface area contributed by atoms with Crippen molar-refractivity contribution in [2.24, 2.45) is 0 Å². The summed E-state index contributed by atoms with van der Waals surface area (Å²) >= 11 is 0. The minimum atomic E-state index is -1.45. The Morgan fingerprint density at radius 1 is 0.365 bits per heavy atom. The number of ether oxygens (including phenoxy) is 15. The molecule has 2 N–H and O–H groups in total. The van der Waals surface area contributed by atoms with Crippen LogP contribution in [0, 0.1) is 0 Å². The molecule has 0 bridgehead atoms. The molecule has 0 unspecified atom stereocenters. The van der Waals surface area contributed by atoms with Crippen LogP contribution in [-0.4, -0.2) is 140 Å². The van der Waals surface area contributed by atoms with E-state index in [9.17, 15) is 15.0 Å². The summed E-state index contributed by atoms with van der Waals surface area (Å²) in [5.41, 5.74) is 5.53. The van der Waals surface area contributed by atoms with Gasteiger partial charge in [-0.25, -0.2) is 4.79 Å². The third kappa shape index (κ3) is 15.4. The monoisotopic (exact) mass is 1170 g/mol. The lowest BCUT2D eigenvalue weighted by Gasteiger charge is -2.49. The summed E-state index contributed by atoms with van der Waals surface area (Å²) in [6.07, 6.45) is -16.1. The number of carbonyl (C=O) groups excluding carboxylic acids is 1. The Hall–Kier alpha value is -6.43. The van der Waals surface area contributed by atoms with Crippen molar-refractivity contribution in [3.63, 3.8) is 0 Å². The minimum absolute atomic E-state index is 0.127. The van der Waals surface area contributed by atoms with Gasteiger partial charge in [-0.3, -0.25) is 0 Å². The van der Waals surface area contributed by atoms with E-state index in [1.807, 2.05) is 196 Å². The second kappa shape index (κ2) is 29.8. The van der Waals surface area contributed by atoms with E-state index in [4.69, 9.17) is 71.1 Å². The number of hydrogen-bond donors (Lipinski definition) is 2. The number of aliphatic hydroxyl groups excluding tert-OH is 2. The third-order valence-electron chi connectivity index (χ3n) is 15.7. The average Bonchev–Trinajstić information content (AvgIpc) is 2.72. The molecule has 5 aliphatic rings. The van der Waals surface area contributed by atoms with E-state index in [1.165, 1.54) is 6.26 Å². The zero-order valence-electron chi connectivity index (χ0n) is 47.5. The van der Waals surface area contributed by atoms with Gasteiger partial charge < -0.3 is 81.3 Å². The molecule has 18 nitrogen and oxygen atoms in total. The summed E-state index contributed by atoms with van der Waals surface area (Å²) in [6, 6.07) is 58.6. The maximum Gasteiger partial charge on any atom is 0.509 e. The van der Waals surface area contributed by atoms with Crippen LogP contribution in [0.15, 0.2) is 194 Å². The smallest absolute Gasteiger partial charge is 0.493 e. The lowest BCUT2D eigenvalue weighted by atomic mass is 9.96. The molecule has 0 aliphatic carbocycles. The highest BCUT2D eigenvalue weighted by molar-refractivity contribution is 5.63. The number of rotatable bonds is 26. The lowest BCUT2D eigenvalue weighted by Crippen LogP contribution is -2.65. The Bertz CT molecular complexity index is 2950. The van der Waals surface area contributed by atoms with Gasteiger partial charge in [0.2, 0.25) is 0 Å². The van der Waals surface area contributed by atoms with Crippen molar-refractivity contribution in [2.75, 3.05) is 13.2 Å². The molecule has 450 valence electrons. The minimum Gasteiger partial charge on any atom is -0.493 e. The molecule has 5 aliphatic heterocycles. The molecule has 0 aromatic heterocycles. The fourth-order valence-corrected chi connectivity index (χ4v) is 11.3. The molecule has 4 saturated heterocycles. The zero-order valence-corrected chi connectivity index (χ0v) is 47.5. The first kappa shape index (κ1) is 60.3. The van der Waals surface area contributed by atoms with Crippen LogP contribution in [0.5, 0.6) is 0 Å². The maximum absolute atomic E-state index is 13.2. The molecule has 5 heterocycles. The van der Waals surface area contributed by atoms with Crippen molar-refractivity contribution >= 4 is 6.16 Å². The van der Waals surface area contributed by atoms with E-state index in [-0.39, 0.29) is 39.6 Å². The molecular formula is C67H74O18. The van der Waals surface area contributed by atoms with Crippen molar-refractivity contribution in [3.8, 4) is 0 Å². The summed E-state index contributed by atoms with van der Waals surface area (Å²) in [5.74, 6) is 0. The maximum atomic E-state index is 13.2. The van der Waals surface area contributed by atoms with Crippen LogP contribution in [0.4, 0.5) is 4.79 Å². The van der Waals surface area contributed by atoms with E-state index in [2.05, 4.69) is 0 Å². The number of aliphatic hydroxyl groups is 2. The Morgan fingerprint density at radius 3 is 1.07 bits per heavy atom. The summed E-state index contributed by atoms with van der Waals surface area (Å²) in [7, 11) is 0. The van der Waals surface area contributed by atoms with Gasteiger partial charge in [-0.2, -0.15) is 0 Å². The molecule has 0 radical (unpaired) electrons. The normalized spacial score (nSPS) is 31.7. The first-order valence-corrected chi connectivity index (χ1v) is 29.1. The molecule has 11 rings (SSSR count). The largest absolute Gasteiger partial charge is 0.509 e. The fourth-order valence-electron chi connectivity index (χ4n) is 11.3. The van der Waals surface area contributed by atoms with Crippen molar-refractivity contribution < 1.29 is 86.1 Å². The molecular weight excluding hydrogens is 1090 g/mol. The second-order valence-corrected chi connectivity index (χ2v) is 21.6. The Morgan fingerprint density at radius 2 is 0.694 bits per heavy atom. The number of hydrogen-bond acceptors (Lipinski definition) is 18. The van der Waals surface area contributed by atoms with Gasteiger partial charge in [-0.15, -0.1) is 0 Å². The van der Waals surface area contributed by atoms with Gasteiger partial charge in [0.15, 0.2) is 37.2 Å². The van der Waals surface area contributed by atoms with Gasteiger partial charge in [-0.05, 0) is 53.3 Å². The molecule has 0 saturated carbocycles. The van der Waals surface area contributed by atoms with Crippen LogP contribution < -0.4 is 0 Å². The lowest BCUT2D eigenvalue weighted by molar-refractivity contribution is -0.377.